The highest BCUT2D eigenvalue weighted by Crippen LogP contribution is 2.32. The van der Waals surface area contributed by atoms with Crippen LogP contribution in [0.2, 0.25) is 0 Å². The van der Waals surface area contributed by atoms with Crippen LogP contribution >= 0.6 is 0 Å². The number of aliphatic carboxylic acids is 1. The molecule has 0 bridgehead atoms. The second kappa shape index (κ2) is 9.20. The fourth-order valence-corrected chi connectivity index (χ4v) is 1.96. The maximum absolute atomic E-state index is 11.4. The number of rotatable bonds is 8. The number of carbonyl (C=O) groups excluding carboxylic acids is 2. The second-order valence-corrected chi connectivity index (χ2v) is 5.97. The van der Waals surface area contributed by atoms with Crippen molar-refractivity contribution in [3.05, 3.63) is 0 Å². The van der Waals surface area contributed by atoms with E-state index >= 15 is 0 Å². The van der Waals surface area contributed by atoms with Gasteiger partial charge in [-0.05, 0) is 24.2 Å². The molecule has 0 radical (unpaired) electrons. The summed E-state index contributed by atoms with van der Waals surface area (Å²) in [4.78, 5) is 33.0. The summed E-state index contributed by atoms with van der Waals surface area (Å²) in [5, 5.41) is 13.8. The number of carboxylic acid groups (broad SMARTS) is 1. The molecule has 0 saturated carbocycles. The zero-order valence-corrected chi connectivity index (χ0v) is 13.2. The highest BCUT2D eigenvalue weighted by atomic mass is 16.5. The van der Waals surface area contributed by atoms with Crippen molar-refractivity contribution in [2.45, 2.75) is 40.0 Å². The Balaban J connectivity index is 4.10. The second-order valence-electron chi connectivity index (χ2n) is 5.97. The van der Waals surface area contributed by atoms with Gasteiger partial charge in [0.1, 0.15) is 6.54 Å². The van der Waals surface area contributed by atoms with Crippen LogP contribution in [0.15, 0.2) is 0 Å². The molecule has 0 aromatic heterocycles. The van der Waals surface area contributed by atoms with E-state index in [4.69, 9.17) is 5.11 Å². The van der Waals surface area contributed by atoms with Crippen LogP contribution < -0.4 is 10.6 Å². The summed E-state index contributed by atoms with van der Waals surface area (Å²) in [5.74, 6) is -1.14. The Morgan fingerprint density at radius 2 is 1.76 bits per heavy atom. The predicted molar refractivity (Wildman–Crippen MR) is 77.8 cm³/mol. The minimum absolute atomic E-state index is 0.0282. The van der Waals surface area contributed by atoms with E-state index in [1.807, 2.05) is 0 Å². The van der Waals surface area contributed by atoms with Gasteiger partial charge in [-0.2, -0.15) is 0 Å². The van der Waals surface area contributed by atoms with Gasteiger partial charge in [-0.3, -0.25) is 9.59 Å². The van der Waals surface area contributed by atoms with Crippen LogP contribution in [0.1, 0.15) is 40.0 Å². The molecule has 0 spiro atoms. The van der Waals surface area contributed by atoms with Gasteiger partial charge in [0.15, 0.2) is 0 Å². The average molecular weight is 302 g/mol. The third kappa shape index (κ3) is 9.70. The van der Waals surface area contributed by atoms with Gasteiger partial charge in [0, 0.05) is 13.0 Å². The maximum atomic E-state index is 11.4. The summed E-state index contributed by atoms with van der Waals surface area (Å²) in [6, 6.07) is -0.439. The molecule has 0 aromatic carbocycles. The molecule has 0 aliphatic heterocycles. The molecule has 0 saturated heterocycles. The number of amides is 2. The number of carboxylic acids is 1. The third-order valence-corrected chi connectivity index (χ3v) is 3.33. The first-order valence-electron chi connectivity index (χ1n) is 6.97. The Morgan fingerprint density at radius 1 is 1.14 bits per heavy atom. The van der Waals surface area contributed by atoms with Crippen LogP contribution in [-0.4, -0.2) is 43.3 Å². The Hall–Kier alpha value is -1.79. The van der Waals surface area contributed by atoms with Crippen molar-refractivity contribution in [2.75, 3.05) is 20.2 Å². The first kappa shape index (κ1) is 19.2. The van der Waals surface area contributed by atoms with E-state index in [1.165, 1.54) is 7.11 Å². The van der Waals surface area contributed by atoms with Gasteiger partial charge in [-0.25, -0.2) is 4.79 Å². The van der Waals surface area contributed by atoms with Crippen molar-refractivity contribution in [3.63, 3.8) is 0 Å². The first-order chi connectivity index (χ1) is 9.66. The van der Waals surface area contributed by atoms with Crippen LogP contribution in [0, 0.1) is 11.3 Å². The lowest BCUT2D eigenvalue weighted by molar-refractivity contribution is -0.139. The van der Waals surface area contributed by atoms with Crippen LogP contribution in [0.5, 0.6) is 0 Å². The lowest BCUT2D eigenvalue weighted by Gasteiger charge is -2.30. The summed E-state index contributed by atoms with van der Waals surface area (Å²) in [5.41, 5.74) is -0.0282. The van der Waals surface area contributed by atoms with Gasteiger partial charge in [0.2, 0.25) is 0 Å². The molecule has 0 heterocycles. The monoisotopic (exact) mass is 302 g/mol. The van der Waals surface area contributed by atoms with Crippen molar-refractivity contribution in [1.82, 2.24) is 10.6 Å². The summed E-state index contributed by atoms with van der Waals surface area (Å²) < 4.78 is 4.41. The van der Waals surface area contributed by atoms with E-state index in [2.05, 4.69) is 36.1 Å². The van der Waals surface area contributed by atoms with Crippen LogP contribution in [0.25, 0.3) is 0 Å². The molecular formula is C14H26N2O5. The molecule has 21 heavy (non-hydrogen) atoms. The predicted octanol–water partition coefficient (Wildman–Crippen LogP) is 1.38. The Labute approximate surface area is 125 Å². The fourth-order valence-electron chi connectivity index (χ4n) is 1.96. The summed E-state index contributed by atoms with van der Waals surface area (Å²) in [7, 11) is 1.25. The lowest BCUT2D eigenvalue weighted by atomic mass is 9.76. The highest BCUT2D eigenvalue weighted by Gasteiger charge is 2.24. The van der Waals surface area contributed by atoms with Gasteiger partial charge in [-0.15, -0.1) is 0 Å². The van der Waals surface area contributed by atoms with Crippen LogP contribution in [-0.2, 0) is 14.3 Å². The number of ether oxygens (including phenoxy) is 1. The van der Waals surface area contributed by atoms with E-state index in [9.17, 15) is 14.4 Å². The number of nitrogens with one attached hydrogen (secondary N) is 2. The van der Waals surface area contributed by atoms with Crippen LogP contribution in [0.3, 0.4) is 0 Å². The Kier molecular flexibility index (Phi) is 8.42. The van der Waals surface area contributed by atoms with Crippen molar-refractivity contribution >= 4 is 18.0 Å². The van der Waals surface area contributed by atoms with E-state index in [-0.39, 0.29) is 24.3 Å². The molecule has 0 rings (SSSR count). The summed E-state index contributed by atoms with van der Waals surface area (Å²) >= 11 is 0. The molecule has 0 aliphatic rings. The van der Waals surface area contributed by atoms with Gasteiger partial charge in [-0.1, -0.05) is 20.8 Å². The standard InChI is InChI=1S/C14H26N2O5/c1-14(2,3)10(5-6-11(17)18)7-8-15-13(20)16-9-12(19)21-4/h10H,5-9H2,1-4H3,(H,17,18)(H2,15,16,20). The molecule has 7 heteroatoms. The Morgan fingerprint density at radius 3 is 2.24 bits per heavy atom. The van der Waals surface area contributed by atoms with Gasteiger partial charge >= 0.3 is 18.0 Å². The SMILES string of the molecule is COC(=O)CNC(=O)NCCC(CCC(=O)O)C(C)(C)C. The molecule has 0 aliphatic carbocycles. The van der Waals surface area contributed by atoms with E-state index in [0.29, 0.717) is 19.4 Å². The zero-order chi connectivity index (χ0) is 16.5. The van der Waals surface area contributed by atoms with Crippen molar-refractivity contribution < 1.29 is 24.2 Å². The topological polar surface area (TPSA) is 105 Å². The highest BCUT2D eigenvalue weighted by molar-refractivity contribution is 5.80. The molecule has 122 valence electrons. The largest absolute Gasteiger partial charge is 0.481 e. The Bertz CT molecular complexity index is 363. The van der Waals surface area contributed by atoms with E-state index < -0.39 is 18.0 Å². The van der Waals surface area contributed by atoms with Gasteiger partial charge < -0.3 is 20.5 Å². The molecule has 2 amide bonds. The molecule has 0 aromatic rings. The molecule has 3 N–H and O–H groups in total. The minimum atomic E-state index is -0.812. The normalized spacial score (nSPS) is 12.4. The van der Waals surface area contributed by atoms with Crippen molar-refractivity contribution in [1.29, 1.82) is 0 Å². The lowest BCUT2D eigenvalue weighted by Crippen LogP contribution is -2.40. The van der Waals surface area contributed by atoms with Crippen molar-refractivity contribution in [3.8, 4) is 0 Å². The molecular weight excluding hydrogens is 276 g/mol. The number of methoxy groups -OCH3 is 1. The number of hydrogen-bond donors (Lipinski definition) is 3. The number of urea groups is 1. The maximum Gasteiger partial charge on any atom is 0.325 e. The number of carbonyl (C=O) groups is 3. The molecule has 0 fully saturated rings. The minimum Gasteiger partial charge on any atom is -0.481 e. The van der Waals surface area contributed by atoms with Crippen LogP contribution in [0.4, 0.5) is 4.79 Å². The van der Waals surface area contributed by atoms with E-state index in [0.717, 1.165) is 0 Å². The molecule has 7 nitrogen and oxygen atoms in total. The average Bonchev–Trinajstić information content (AvgIpc) is 2.37. The van der Waals surface area contributed by atoms with Gasteiger partial charge in [0.25, 0.3) is 0 Å². The fraction of sp³-hybridized carbons (Fsp3) is 0.786. The number of hydrogen-bond acceptors (Lipinski definition) is 4. The van der Waals surface area contributed by atoms with Crippen molar-refractivity contribution in [2.24, 2.45) is 11.3 Å². The quantitative estimate of drug-likeness (QED) is 0.587. The summed E-state index contributed by atoms with van der Waals surface area (Å²) in [6.07, 6.45) is 1.38. The number of esters is 1. The molecule has 1 unspecified atom stereocenters. The molecule has 1 atom stereocenters. The third-order valence-electron chi connectivity index (χ3n) is 3.33. The van der Waals surface area contributed by atoms with Gasteiger partial charge in [0.05, 0.1) is 7.11 Å². The summed E-state index contributed by atoms with van der Waals surface area (Å²) in [6.45, 7) is 6.41. The zero-order valence-electron chi connectivity index (χ0n) is 13.2. The first-order valence-corrected chi connectivity index (χ1v) is 6.97. The van der Waals surface area contributed by atoms with E-state index in [1.54, 1.807) is 0 Å². The smallest absolute Gasteiger partial charge is 0.325 e.